The third-order valence-corrected chi connectivity index (χ3v) is 2.96. The molecule has 0 aromatic heterocycles. The smallest absolute Gasteiger partial charge is 0.115 e. The molecule has 88 valence electrons. The first-order valence-corrected chi connectivity index (χ1v) is 5.79. The number of aryl methyl sites for hydroxylation is 1. The van der Waals surface area contributed by atoms with Crippen LogP contribution in [0.2, 0.25) is 0 Å². The van der Waals surface area contributed by atoms with Crippen LogP contribution in [-0.2, 0) is 6.42 Å². The van der Waals surface area contributed by atoms with Gasteiger partial charge < -0.3 is 10.8 Å². The lowest BCUT2D eigenvalue weighted by atomic mass is 9.98. The van der Waals surface area contributed by atoms with Crippen molar-refractivity contribution < 1.29 is 5.11 Å². The summed E-state index contributed by atoms with van der Waals surface area (Å²) in [6, 6.07) is 13.7. The highest BCUT2D eigenvalue weighted by molar-refractivity contribution is 5.65. The molecule has 0 aliphatic rings. The Morgan fingerprint density at radius 3 is 2.29 bits per heavy atom. The fourth-order valence-corrected chi connectivity index (χ4v) is 1.93. The predicted molar refractivity (Wildman–Crippen MR) is 71.0 cm³/mol. The van der Waals surface area contributed by atoms with E-state index in [-0.39, 0.29) is 0 Å². The number of benzene rings is 2. The molecule has 0 radical (unpaired) electrons. The molecule has 0 atom stereocenters. The summed E-state index contributed by atoms with van der Waals surface area (Å²) in [5.74, 6) is 0.294. The van der Waals surface area contributed by atoms with E-state index in [1.54, 1.807) is 12.1 Å². The zero-order chi connectivity index (χ0) is 12.3. The molecule has 17 heavy (non-hydrogen) atoms. The standard InChI is InChI=1S/C15H17NO/c1-11-2-3-14(10-13(11)8-9-16)12-4-6-15(17)7-5-12/h2-7,10,17H,8-9,16H2,1H3. The minimum Gasteiger partial charge on any atom is -0.508 e. The van der Waals surface area contributed by atoms with Gasteiger partial charge in [-0.25, -0.2) is 0 Å². The van der Waals surface area contributed by atoms with Gasteiger partial charge in [-0.1, -0.05) is 30.3 Å². The maximum atomic E-state index is 9.27. The monoisotopic (exact) mass is 227 g/mol. The van der Waals surface area contributed by atoms with Crippen molar-refractivity contribution >= 4 is 0 Å². The molecule has 0 fully saturated rings. The van der Waals surface area contributed by atoms with E-state index in [1.165, 1.54) is 16.7 Å². The van der Waals surface area contributed by atoms with E-state index in [9.17, 15) is 5.11 Å². The van der Waals surface area contributed by atoms with Gasteiger partial charge in [-0.05, 0) is 54.3 Å². The maximum Gasteiger partial charge on any atom is 0.115 e. The van der Waals surface area contributed by atoms with Gasteiger partial charge in [0.15, 0.2) is 0 Å². The average Bonchev–Trinajstić information content (AvgIpc) is 2.33. The summed E-state index contributed by atoms with van der Waals surface area (Å²) in [5.41, 5.74) is 10.4. The summed E-state index contributed by atoms with van der Waals surface area (Å²) in [4.78, 5) is 0. The molecule has 0 saturated heterocycles. The number of nitrogens with two attached hydrogens (primary N) is 1. The molecule has 0 aliphatic heterocycles. The summed E-state index contributed by atoms with van der Waals surface area (Å²) < 4.78 is 0. The number of hydrogen-bond acceptors (Lipinski definition) is 2. The lowest BCUT2D eigenvalue weighted by Gasteiger charge is -2.08. The van der Waals surface area contributed by atoms with E-state index in [0.29, 0.717) is 12.3 Å². The molecule has 2 rings (SSSR count). The van der Waals surface area contributed by atoms with Crippen LogP contribution in [0.25, 0.3) is 11.1 Å². The molecule has 0 bridgehead atoms. The van der Waals surface area contributed by atoms with Crippen molar-refractivity contribution in [3.05, 3.63) is 53.6 Å². The van der Waals surface area contributed by atoms with E-state index in [4.69, 9.17) is 5.73 Å². The molecule has 0 spiro atoms. The highest BCUT2D eigenvalue weighted by Gasteiger charge is 2.02. The lowest BCUT2D eigenvalue weighted by Crippen LogP contribution is -2.04. The summed E-state index contributed by atoms with van der Waals surface area (Å²) in [6.07, 6.45) is 0.901. The van der Waals surface area contributed by atoms with E-state index in [1.807, 2.05) is 12.1 Å². The highest BCUT2D eigenvalue weighted by Crippen LogP contribution is 2.24. The Morgan fingerprint density at radius 2 is 1.65 bits per heavy atom. The number of phenols is 1. The molecule has 2 heteroatoms. The van der Waals surface area contributed by atoms with E-state index >= 15 is 0 Å². The first-order chi connectivity index (χ1) is 8.20. The number of phenolic OH excluding ortho intramolecular Hbond substituents is 1. The van der Waals surface area contributed by atoms with Gasteiger partial charge in [0, 0.05) is 0 Å². The van der Waals surface area contributed by atoms with Gasteiger partial charge >= 0.3 is 0 Å². The second-order valence-electron chi connectivity index (χ2n) is 4.23. The SMILES string of the molecule is Cc1ccc(-c2ccc(O)cc2)cc1CCN. The van der Waals surface area contributed by atoms with Crippen LogP contribution >= 0.6 is 0 Å². The van der Waals surface area contributed by atoms with Crippen LogP contribution in [0.4, 0.5) is 0 Å². The van der Waals surface area contributed by atoms with Gasteiger partial charge in [-0.2, -0.15) is 0 Å². The van der Waals surface area contributed by atoms with Gasteiger partial charge in [0.25, 0.3) is 0 Å². The summed E-state index contributed by atoms with van der Waals surface area (Å²) in [5, 5.41) is 9.27. The second-order valence-corrected chi connectivity index (χ2v) is 4.23. The van der Waals surface area contributed by atoms with E-state index in [0.717, 1.165) is 12.0 Å². The molecule has 0 unspecified atom stereocenters. The van der Waals surface area contributed by atoms with Gasteiger partial charge in [-0.15, -0.1) is 0 Å². The first-order valence-electron chi connectivity index (χ1n) is 5.79. The van der Waals surface area contributed by atoms with Crippen LogP contribution in [0, 0.1) is 6.92 Å². The Hall–Kier alpha value is -1.80. The minimum absolute atomic E-state index is 0.294. The summed E-state index contributed by atoms with van der Waals surface area (Å²) in [6.45, 7) is 2.77. The van der Waals surface area contributed by atoms with Gasteiger partial charge in [0.1, 0.15) is 5.75 Å². The van der Waals surface area contributed by atoms with Crippen LogP contribution in [-0.4, -0.2) is 11.7 Å². The lowest BCUT2D eigenvalue weighted by molar-refractivity contribution is 0.475. The quantitative estimate of drug-likeness (QED) is 0.847. The molecule has 0 saturated carbocycles. The molecule has 2 aromatic rings. The normalized spacial score (nSPS) is 10.5. The van der Waals surface area contributed by atoms with Crippen LogP contribution < -0.4 is 5.73 Å². The molecule has 0 heterocycles. The van der Waals surface area contributed by atoms with Crippen LogP contribution in [0.15, 0.2) is 42.5 Å². The fraction of sp³-hybridized carbons (Fsp3) is 0.200. The van der Waals surface area contributed by atoms with Gasteiger partial charge in [-0.3, -0.25) is 0 Å². The molecular weight excluding hydrogens is 210 g/mol. The van der Waals surface area contributed by atoms with Crippen LogP contribution in [0.1, 0.15) is 11.1 Å². The summed E-state index contributed by atoms with van der Waals surface area (Å²) >= 11 is 0. The van der Waals surface area contributed by atoms with Crippen molar-refractivity contribution in [2.45, 2.75) is 13.3 Å². The molecule has 2 nitrogen and oxygen atoms in total. The third-order valence-electron chi connectivity index (χ3n) is 2.96. The number of hydrogen-bond donors (Lipinski definition) is 2. The molecular formula is C15H17NO. The Balaban J connectivity index is 2.39. The maximum absolute atomic E-state index is 9.27. The van der Waals surface area contributed by atoms with Gasteiger partial charge in [0.2, 0.25) is 0 Å². The van der Waals surface area contributed by atoms with Crippen LogP contribution in [0.3, 0.4) is 0 Å². The Kier molecular flexibility index (Phi) is 3.45. The number of aromatic hydroxyl groups is 1. The van der Waals surface area contributed by atoms with E-state index in [2.05, 4.69) is 25.1 Å². The van der Waals surface area contributed by atoms with Crippen LogP contribution in [0.5, 0.6) is 5.75 Å². The molecule has 0 amide bonds. The zero-order valence-corrected chi connectivity index (χ0v) is 9.98. The molecule has 3 N–H and O–H groups in total. The summed E-state index contributed by atoms with van der Waals surface area (Å²) in [7, 11) is 0. The largest absolute Gasteiger partial charge is 0.508 e. The molecule has 0 aliphatic carbocycles. The third kappa shape index (κ3) is 2.66. The van der Waals surface area contributed by atoms with Crippen molar-refractivity contribution in [3.8, 4) is 16.9 Å². The van der Waals surface area contributed by atoms with Crippen molar-refractivity contribution in [3.63, 3.8) is 0 Å². The predicted octanol–water partition coefficient (Wildman–Crippen LogP) is 2.87. The Labute approximate surface area is 102 Å². The second kappa shape index (κ2) is 5.02. The number of rotatable bonds is 3. The zero-order valence-electron chi connectivity index (χ0n) is 9.98. The minimum atomic E-state index is 0.294. The topological polar surface area (TPSA) is 46.2 Å². The van der Waals surface area contributed by atoms with Crippen molar-refractivity contribution in [1.82, 2.24) is 0 Å². The fourth-order valence-electron chi connectivity index (χ4n) is 1.93. The average molecular weight is 227 g/mol. The van der Waals surface area contributed by atoms with Crippen molar-refractivity contribution in [2.24, 2.45) is 5.73 Å². The van der Waals surface area contributed by atoms with Crippen molar-refractivity contribution in [1.29, 1.82) is 0 Å². The molecule has 2 aromatic carbocycles. The van der Waals surface area contributed by atoms with Gasteiger partial charge in [0.05, 0.1) is 0 Å². The van der Waals surface area contributed by atoms with E-state index < -0.39 is 0 Å². The first kappa shape index (κ1) is 11.7. The van der Waals surface area contributed by atoms with Crippen molar-refractivity contribution in [2.75, 3.05) is 6.54 Å². The Bertz CT molecular complexity index is 503. The Morgan fingerprint density at radius 1 is 1.00 bits per heavy atom. The highest BCUT2D eigenvalue weighted by atomic mass is 16.3.